The number of anilines is 2. The number of benzene rings is 3. The molecule has 0 aliphatic carbocycles. The molecule has 0 fully saturated rings. The van der Waals surface area contributed by atoms with E-state index in [9.17, 15) is 13.2 Å². The normalized spacial score (nSPS) is 11.1. The van der Waals surface area contributed by atoms with Gasteiger partial charge in [-0.05, 0) is 55.3 Å². The van der Waals surface area contributed by atoms with Crippen molar-refractivity contribution >= 4 is 27.3 Å². The standard InChI is InChI=1S/C24H26N2O4S/c1-4-19-11-13-20(14-12-19)25-24(27)17-26(22-7-5-6-8-23(22)30-3)31(28,29)21-15-9-18(2)10-16-21/h5-16H,4,17H2,1-3H3,(H,25,27). The Morgan fingerprint density at radius 2 is 1.61 bits per heavy atom. The van der Waals surface area contributed by atoms with E-state index in [1.807, 2.05) is 19.1 Å². The summed E-state index contributed by atoms with van der Waals surface area (Å²) in [7, 11) is -2.55. The largest absolute Gasteiger partial charge is 0.495 e. The lowest BCUT2D eigenvalue weighted by Gasteiger charge is -2.25. The van der Waals surface area contributed by atoms with Crippen LogP contribution in [-0.2, 0) is 21.2 Å². The first-order valence-corrected chi connectivity index (χ1v) is 11.4. The molecule has 1 N–H and O–H groups in total. The number of sulfonamides is 1. The number of aryl methyl sites for hydroxylation is 2. The molecule has 0 saturated carbocycles. The van der Waals surface area contributed by atoms with E-state index in [-0.39, 0.29) is 4.90 Å². The fraction of sp³-hybridized carbons (Fsp3) is 0.208. The molecule has 162 valence electrons. The summed E-state index contributed by atoms with van der Waals surface area (Å²) < 4.78 is 33.4. The summed E-state index contributed by atoms with van der Waals surface area (Å²) in [6.07, 6.45) is 0.893. The molecule has 1 amide bonds. The molecule has 6 nitrogen and oxygen atoms in total. The van der Waals surface area contributed by atoms with Gasteiger partial charge in [0.1, 0.15) is 12.3 Å². The van der Waals surface area contributed by atoms with Gasteiger partial charge in [0.2, 0.25) is 5.91 Å². The molecule has 0 heterocycles. The number of carbonyl (C=O) groups is 1. The van der Waals surface area contributed by atoms with E-state index in [2.05, 4.69) is 12.2 Å². The molecule has 0 bridgehead atoms. The van der Waals surface area contributed by atoms with Crippen molar-refractivity contribution in [1.82, 2.24) is 0 Å². The molecule has 3 rings (SSSR count). The van der Waals surface area contributed by atoms with Crippen LogP contribution in [0.15, 0.2) is 77.7 Å². The highest BCUT2D eigenvalue weighted by Gasteiger charge is 2.29. The zero-order chi connectivity index (χ0) is 22.4. The van der Waals surface area contributed by atoms with E-state index in [1.165, 1.54) is 19.2 Å². The molecule has 7 heteroatoms. The Hall–Kier alpha value is -3.32. The smallest absolute Gasteiger partial charge is 0.264 e. The Kier molecular flexibility index (Phi) is 6.97. The number of hydrogen-bond donors (Lipinski definition) is 1. The second-order valence-electron chi connectivity index (χ2n) is 7.10. The minimum absolute atomic E-state index is 0.101. The summed E-state index contributed by atoms with van der Waals surface area (Å²) in [6.45, 7) is 3.53. The zero-order valence-corrected chi connectivity index (χ0v) is 18.6. The summed E-state index contributed by atoms with van der Waals surface area (Å²) in [6, 6.07) is 20.7. The van der Waals surface area contributed by atoms with Crippen LogP contribution < -0.4 is 14.4 Å². The van der Waals surface area contributed by atoms with Crippen molar-refractivity contribution in [2.45, 2.75) is 25.2 Å². The number of rotatable bonds is 8. The Morgan fingerprint density at radius 1 is 0.968 bits per heavy atom. The van der Waals surface area contributed by atoms with Crippen LogP contribution >= 0.6 is 0 Å². The second kappa shape index (κ2) is 9.66. The van der Waals surface area contributed by atoms with E-state index in [1.54, 1.807) is 48.5 Å². The van der Waals surface area contributed by atoms with E-state index in [4.69, 9.17) is 4.74 Å². The Labute approximate surface area is 183 Å². The fourth-order valence-corrected chi connectivity index (χ4v) is 4.56. The number of methoxy groups -OCH3 is 1. The molecular formula is C24H26N2O4S. The van der Waals surface area contributed by atoms with E-state index < -0.39 is 22.5 Å². The predicted octanol–water partition coefficient (Wildman–Crippen LogP) is 4.40. The van der Waals surface area contributed by atoms with Gasteiger partial charge in [-0.3, -0.25) is 9.10 Å². The topological polar surface area (TPSA) is 75.7 Å². The number of nitrogens with zero attached hydrogens (tertiary/aromatic N) is 1. The lowest BCUT2D eigenvalue weighted by atomic mass is 10.1. The molecule has 31 heavy (non-hydrogen) atoms. The van der Waals surface area contributed by atoms with E-state index >= 15 is 0 Å². The van der Waals surface area contributed by atoms with Crippen molar-refractivity contribution in [3.63, 3.8) is 0 Å². The van der Waals surface area contributed by atoms with Gasteiger partial charge in [-0.1, -0.05) is 48.9 Å². The van der Waals surface area contributed by atoms with Crippen LogP contribution in [0, 0.1) is 6.92 Å². The third-order valence-electron chi connectivity index (χ3n) is 4.90. The fourth-order valence-electron chi connectivity index (χ4n) is 3.13. The first-order valence-electron chi connectivity index (χ1n) is 9.96. The monoisotopic (exact) mass is 438 g/mol. The molecule has 0 radical (unpaired) electrons. The summed E-state index contributed by atoms with van der Waals surface area (Å²) in [5.41, 5.74) is 2.99. The third kappa shape index (κ3) is 5.24. The quantitative estimate of drug-likeness (QED) is 0.566. The van der Waals surface area contributed by atoms with Crippen molar-refractivity contribution < 1.29 is 17.9 Å². The van der Waals surface area contributed by atoms with Gasteiger partial charge in [0.25, 0.3) is 10.0 Å². The van der Waals surface area contributed by atoms with Gasteiger partial charge >= 0.3 is 0 Å². The van der Waals surface area contributed by atoms with E-state index in [0.29, 0.717) is 17.1 Å². The molecule has 0 spiro atoms. The number of amides is 1. The number of carbonyl (C=O) groups excluding carboxylic acids is 1. The van der Waals surface area contributed by atoms with Gasteiger partial charge in [0.15, 0.2) is 0 Å². The van der Waals surface area contributed by atoms with Crippen LogP contribution in [0.5, 0.6) is 5.75 Å². The van der Waals surface area contributed by atoms with Gasteiger partial charge in [-0.15, -0.1) is 0 Å². The third-order valence-corrected chi connectivity index (χ3v) is 6.67. The molecule has 0 aliphatic rings. The highest BCUT2D eigenvalue weighted by Crippen LogP contribution is 2.32. The summed E-state index contributed by atoms with van der Waals surface area (Å²) in [5, 5.41) is 2.78. The first-order chi connectivity index (χ1) is 14.8. The van der Waals surface area contributed by atoms with Crippen LogP contribution in [0.4, 0.5) is 11.4 Å². The highest BCUT2D eigenvalue weighted by atomic mass is 32.2. The number of hydrogen-bond acceptors (Lipinski definition) is 4. The molecule has 3 aromatic rings. The average molecular weight is 439 g/mol. The SMILES string of the molecule is CCc1ccc(NC(=O)CN(c2ccccc2OC)S(=O)(=O)c2ccc(C)cc2)cc1. The maximum atomic E-state index is 13.5. The number of ether oxygens (including phenoxy) is 1. The summed E-state index contributed by atoms with van der Waals surface area (Å²) in [5.74, 6) is -0.0934. The molecular weight excluding hydrogens is 412 g/mol. The van der Waals surface area contributed by atoms with Crippen LogP contribution in [0.3, 0.4) is 0 Å². The van der Waals surface area contributed by atoms with Crippen LogP contribution in [-0.4, -0.2) is 28.0 Å². The van der Waals surface area contributed by atoms with Gasteiger partial charge in [-0.25, -0.2) is 8.42 Å². The van der Waals surface area contributed by atoms with Gasteiger partial charge in [-0.2, -0.15) is 0 Å². The van der Waals surface area contributed by atoms with Gasteiger partial charge in [0.05, 0.1) is 17.7 Å². The zero-order valence-electron chi connectivity index (χ0n) is 17.8. The molecule has 3 aromatic carbocycles. The molecule has 0 aliphatic heterocycles. The van der Waals surface area contributed by atoms with E-state index in [0.717, 1.165) is 21.9 Å². The summed E-state index contributed by atoms with van der Waals surface area (Å²) >= 11 is 0. The van der Waals surface area contributed by atoms with Crippen molar-refractivity contribution in [3.8, 4) is 5.75 Å². The Morgan fingerprint density at radius 3 is 2.23 bits per heavy atom. The minimum atomic E-state index is -4.01. The molecule has 0 aromatic heterocycles. The van der Waals surface area contributed by atoms with Crippen molar-refractivity contribution in [2.24, 2.45) is 0 Å². The maximum Gasteiger partial charge on any atom is 0.264 e. The Balaban J connectivity index is 1.95. The van der Waals surface area contributed by atoms with Crippen molar-refractivity contribution in [1.29, 1.82) is 0 Å². The van der Waals surface area contributed by atoms with Crippen LogP contribution in [0.2, 0.25) is 0 Å². The first kappa shape index (κ1) is 22.4. The van der Waals surface area contributed by atoms with Crippen LogP contribution in [0.1, 0.15) is 18.1 Å². The highest BCUT2D eigenvalue weighted by molar-refractivity contribution is 7.92. The lowest BCUT2D eigenvalue weighted by molar-refractivity contribution is -0.114. The summed E-state index contributed by atoms with van der Waals surface area (Å²) in [4.78, 5) is 12.9. The van der Waals surface area contributed by atoms with Crippen molar-refractivity contribution in [2.75, 3.05) is 23.3 Å². The predicted molar refractivity (Wildman–Crippen MR) is 123 cm³/mol. The van der Waals surface area contributed by atoms with Crippen LogP contribution in [0.25, 0.3) is 0 Å². The Bertz CT molecular complexity index is 1140. The second-order valence-corrected chi connectivity index (χ2v) is 8.96. The van der Waals surface area contributed by atoms with Crippen molar-refractivity contribution in [3.05, 3.63) is 83.9 Å². The van der Waals surface area contributed by atoms with Gasteiger partial charge < -0.3 is 10.1 Å². The lowest BCUT2D eigenvalue weighted by Crippen LogP contribution is -2.38. The maximum absolute atomic E-state index is 13.5. The average Bonchev–Trinajstić information content (AvgIpc) is 2.78. The number of nitrogens with one attached hydrogen (secondary N) is 1. The molecule has 0 unspecified atom stereocenters. The van der Waals surface area contributed by atoms with Gasteiger partial charge in [0, 0.05) is 5.69 Å². The minimum Gasteiger partial charge on any atom is -0.495 e. The number of para-hydroxylation sites is 2. The molecule has 0 saturated heterocycles. The molecule has 0 atom stereocenters.